The van der Waals surface area contributed by atoms with E-state index in [1.54, 1.807) is 0 Å². The number of rotatable bonds is 4. The number of nitrogens with zero attached hydrogens (tertiary/aromatic N) is 2. The lowest BCUT2D eigenvalue weighted by molar-refractivity contribution is 0.945. The highest BCUT2D eigenvalue weighted by atomic mass is 15.1. The monoisotopic (exact) mass is 252 g/mol. The SMILES string of the molecule is c1cc(CCc2ccc(N3CCCC3)cc2)ccn1. The van der Waals surface area contributed by atoms with Crippen molar-refractivity contribution in [1.29, 1.82) is 0 Å². The van der Waals surface area contributed by atoms with E-state index in [1.807, 2.05) is 12.4 Å². The minimum atomic E-state index is 1.09. The number of benzene rings is 1. The van der Waals surface area contributed by atoms with Crippen LogP contribution < -0.4 is 4.90 Å². The Morgan fingerprint density at radius 1 is 0.789 bits per heavy atom. The first-order valence-corrected chi connectivity index (χ1v) is 7.14. The predicted molar refractivity (Wildman–Crippen MR) is 79.5 cm³/mol. The Morgan fingerprint density at radius 3 is 2.00 bits per heavy atom. The molecule has 2 nitrogen and oxygen atoms in total. The molecule has 2 heterocycles. The first-order chi connectivity index (χ1) is 9.42. The Balaban J connectivity index is 1.60. The van der Waals surface area contributed by atoms with E-state index >= 15 is 0 Å². The summed E-state index contributed by atoms with van der Waals surface area (Å²) < 4.78 is 0. The zero-order chi connectivity index (χ0) is 12.9. The van der Waals surface area contributed by atoms with Gasteiger partial charge in [-0.1, -0.05) is 12.1 Å². The molecule has 19 heavy (non-hydrogen) atoms. The van der Waals surface area contributed by atoms with Crippen LogP contribution in [0.15, 0.2) is 48.8 Å². The summed E-state index contributed by atoms with van der Waals surface area (Å²) >= 11 is 0. The summed E-state index contributed by atoms with van der Waals surface area (Å²) in [6.07, 6.45) is 8.60. The van der Waals surface area contributed by atoms with E-state index in [9.17, 15) is 0 Å². The van der Waals surface area contributed by atoms with E-state index in [2.05, 4.69) is 46.3 Å². The van der Waals surface area contributed by atoms with E-state index in [0.717, 1.165) is 12.8 Å². The molecule has 0 amide bonds. The second-order valence-electron chi connectivity index (χ2n) is 5.22. The molecular weight excluding hydrogens is 232 g/mol. The van der Waals surface area contributed by atoms with Gasteiger partial charge in [-0.05, 0) is 61.1 Å². The second kappa shape index (κ2) is 5.87. The molecule has 0 radical (unpaired) electrons. The van der Waals surface area contributed by atoms with Crippen LogP contribution in [0.4, 0.5) is 5.69 Å². The molecule has 1 aromatic heterocycles. The normalized spacial score (nSPS) is 14.8. The Hall–Kier alpha value is -1.83. The zero-order valence-corrected chi connectivity index (χ0v) is 11.3. The first kappa shape index (κ1) is 12.2. The smallest absolute Gasteiger partial charge is 0.0366 e. The minimum Gasteiger partial charge on any atom is -0.372 e. The molecule has 2 heteroatoms. The predicted octanol–water partition coefficient (Wildman–Crippen LogP) is 3.47. The summed E-state index contributed by atoms with van der Waals surface area (Å²) in [6.45, 7) is 2.44. The van der Waals surface area contributed by atoms with E-state index in [-0.39, 0.29) is 0 Å². The summed E-state index contributed by atoms with van der Waals surface area (Å²) in [5.41, 5.74) is 4.16. The molecule has 3 rings (SSSR count). The molecule has 0 saturated carbocycles. The molecule has 1 fully saturated rings. The van der Waals surface area contributed by atoms with Crippen LogP contribution in [0.2, 0.25) is 0 Å². The van der Waals surface area contributed by atoms with E-state index in [0.29, 0.717) is 0 Å². The third kappa shape index (κ3) is 3.14. The molecule has 1 aliphatic rings. The van der Waals surface area contributed by atoms with Crippen LogP contribution in [0, 0.1) is 0 Å². The fourth-order valence-electron chi connectivity index (χ4n) is 2.69. The lowest BCUT2D eigenvalue weighted by Crippen LogP contribution is -2.17. The number of hydrogen-bond donors (Lipinski definition) is 0. The number of pyridine rings is 1. The van der Waals surface area contributed by atoms with Crippen molar-refractivity contribution in [2.45, 2.75) is 25.7 Å². The molecule has 1 aromatic carbocycles. The molecule has 1 saturated heterocycles. The number of aromatic nitrogens is 1. The largest absolute Gasteiger partial charge is 0.372 e. The Labute approximate surface area is 115 Å². The number of aryl methyl sites for hydroxylation is 2. The van der Waals surface area contributed by atoms with Crippen LogP contribution in [-0.4, -0.2) is 18.1 Å². The molecule has 0 unspecified atom stereocenters. The summed E-state index contributed by atoms with van der Waals surface area (Å²) in [5.74, 6) is 0. The van der Waals surface area contributed by atoms with Gasteiger partial charge in [-0.3, -0.25) is 4.98 Å². The van der Waals surface area contributed by atoms with E-state index < -0.39 is 0 Å². The van der Waals surface area contributed by atoms with Crippen molar-refractivity contribution in [2.24, 2.45) is 0 Å². The first-order valence-electron chi connectivity index (χ1n) is 7.14. The minimum absolute atomic E-state index is 1.09. The van der Waals surface area contributed by atoms with Crippen LogP contribution in [0.5, 0.6) is 0 Å². The van der Waals surface area contributed by atoms with Gasteiger partial charge in [-0.25, -0.2) is 0 Å². The molecule has 0 N–H and O–H groups in total. The maximum Gasteiger partial charge on any atom is 0.0366 e. The maximum atomic E-state index is 4.05. The fourth-order valence-corrected chi connectivity index (χ4v) is 2.69. The standard InChI is InChI=1S/C17H20N2/c1-2-14-19(13-1)17-7-5-15(6-8-17)3-4-16-9-11-18-12-10-16/h5-12H,1-4,13-14H2. The van der Waals surface area contributed by atoms with Crippen molar-refractivity contribution in [3.8, 4) is 0 Å². The average molecular weight is 252 g/mol. The van der Waals surface area contributed by atoms with Gasteiger partial charge in [0.1, 0.15) is 0 Å². The fraction of sp³-hybridized carbons (Fsp3) is 0.353. The van der Waals surface area contributed by atoms with Crippen molar-refractivity contribution in [3.63, 3.8) is 0 Å². The second-order valence-corrected chi connectivity index (χ2v) is 5.22. The van der Waals surface area contributed by atoms with Crippen LogP contribution in [0.1, 0.15) is 24.0 Å². The molecule has 0 atom stereocenters. The molecular formula is C17H20N2. The van der Waals surface area contributed by atoms with Crippen LogP contribution in [0.3, 0.4) is 0 Å². The highest BCUT2D eigenvalue weighted by molar-refractivity contribution is 5.48. The van der Waals surface area contributed by atoms with Crippen molar-refractivity contribution < 1.29 is 0 Å². The molecule has 0 aliphatic carbocycles. The molecule has 2 aromatic rings. The van der Waals surface area contributed by atoms with Gasteiger partial charge in [0.15, 0.2) is 0 Å². The molecule has 1 aliphatic heterocycles. The van der Waals surface area contributed by atoms with Gasteiger partial charge in [-0.15, -0.1) is 0 Å². The lowest BCUT2D eigenvalue weighted by Gasteiger charge is -2.17. The van der Waals surface area contributed by atoms with Crippen molar-refractivity contribution >= 4 is 5.69 Å². The van der Waals surface area contributed by atoms with Crippen LogP contribution in [-0.2, 0) is 12.8 Å². The van der Waals surface area contributed by atoms with Gasteiger partial charge in [0.05, 0.1) is 0 Å². The van der Waals surface area contributed by atoms with Gasteiger partial charge in [0.2, 0.25) is 0 Å². The van der Waals surface area contributed by atoms with Gasteiger partial charge >= 0.3 is 0 Å². The highest BCUT2D eigenvalue weighted by Gasteiger charge is 2.11. The Kier molecular flexibility index (Phi) is 3.78. The molecule has 98 valence electrons. The quantitative estimate of drug-likeness (QED) is 0.828. The maximum absolute atomic E-state index is 4.05. The summed E-state index contributed by atoms with van der Waals surface area (Å²) in [7, 11) is 0. The topological polar surface area (TPSA) is 16.1 Å². The third-order valence-corrected chi connectivity index (χ3v) is 3.86. The highest BCUT2D eigenvalue weighted by Crippen LogP contribution is 2.20. The van der Waals surface area contributed by atoms with Crippen LogP contribution >= 0.6 is 0 Å². The molecule has 0 spiro atoms. The summed E-state index contributed by atoms with van der Waals surface area (Å²) in [4.78, 5) is 6.53. The number of hydrogen-bond acceptors (Lipinski definition) is 2. The van der Waals surface area contributed by atoms with Gasteiger partial charge < -0.3 is 4.90 Å². The van der Waals surface area contributed by atoms with Gasteiger partial charge in [0.25, 0.3) is 0 Å². The number of anilines is 1. The van der Waals surface area contributed by atoms with Crippen LogP contribution in [0.25, 0.3) is 0 Å². The third-order valence-electron chi connectivity index (χ3n) is 3.86. The van der Waals surface area contributed by atoms with Gasteiger partial charge in [0, 0.05) is 31.2 Å². The Bertz CT molecular complexity index is 499. The summed E-state index contributed by atoms with van der Waals surface area (Å²) in [6, 6.07) is 13.3. The van der Waals surface area contributed by atoms with Crippen molar-refractivity contribution in [1.82, 2.24) is 4.98 Å². The lowest BCUT2D eigenvalue weighted by atomic mass is 10.1. The zero-order valence-electron chi connectivity index (χ0n) is 11.3. The van der Waals surface area contributed by atoms with E-state index in [4.69, 9.17) is 0 Å². The van der Waals surface area contributed by atoms with Crippen molar-refractivity contribution in [3.05, 3.63) is 59.9 Å². The average Bonchev–Trinajstić information content (AvgIpc) is 3.01. The molecule has 0 bridgehead atoms. The van der Waals surface area contributed by atoms with Crippen molar-refractivity contribution in [2.75, 3.05) is 18.0 Å². The van der Waals surface area contributed by atoms with Gasteiger partial charge in [-0.2, -0.15) is 0 Å². The Morgan fingerprint density at radius 2 is 1.37 bits per heavy atom. The summed E-state index contributed by atoms with van der Waals surface area (Å²) in [5, 5.41) is 0. The van der Waals surface area contributed by atoms with E-state index in [1.165, 1.54) is 42.7 Å².